The van der Waals surface area contributed by atoms with Crippen molar-refractivity contribution in [2.75, 3.05) is 43.0 Å². The number of sulfonamides is 1. The molecular weight excluding hydrogens is 438 g/mol. The summed E-state index contributed by atoms with van der Waals surface area (Å²) in [5.74, 6) is 1.20. The lowest BCUT2D eigenvalue weighted by molar-refractivity contribution is 0.102. The van der Waals surface area contributed by atoms with Crippen molar-refractivity contribution in [1.29, 1.82) is 0 Å². The van der Waals surface area contributed by atoms with Crippen LogP contribution in [0.5, 0.6) is 0 Å². The number of rotatable bonds is 6. The van der Waals surface area contributed by atoms with E-state index in [-0.39, 0.29) is 15.7 Å². The van der Waals surface area contributed by atoms with Gasteiger partial charge in [-0.3, -0.25) is 9.69 Å². The van der Waals surface area contributed by atoms with Crippen LogP contribution in [0, 0.1) is 0 Å². The van der Waals surface area contributed by atoms with Crippen molar-refractivity contribution in [3.05, 3.63) is 46.2 Å². The Kier molecular flexibility index (Phi) is 7.15. The number of thioether (sulfide) groups is 1. The SMILES string of the molecule is O=C(Nc1cccc(CN2CCCCC2)c1)c1sccc1S(=O)(=O)N1CCSCC1. The number of hydrogen-bond donors (Lipinski definition) is 1. The highest BCUT2D eigenvalue weighted by atomic mass is 32.2. The molecule has 1 aromatic carbocycles. The molecule has 1 N–H and O–H groups in total. The summed E-state index contributed by atoms with van der Waals surface area (Å²) in [4.78, 5) is 15.7. The van der Waals surface area contributed by atoms with Gasteiger partial charge in [-0.1, -0.05) is 18.6 Å². The molecule has 2 aliphatic rings. The molecule has 2 aliphatic heterocycles. The van der Waals surface area contributed by atoms with E-state index in [1.807, 2.05) is 18.2 Å². The van der Waals surface area contributed by atoms with Crippen LogP contribution in [0.1, 0.15) is 34.5 Å². The number of thiophene rings is 1. The maximum atomic E-state index is 13.0. The number of carbonyl (C=O) groups is 1. The fraction of sp³-hybridized carbons (Fsp3) is 0.476. The second-order valence-electron chi connectivity index (χ2n) is 7.62. The molecule has 0 spiro atoms. The molecule has 0 aliphatic carbocycles. The number of carbonyl (C=O) groups excluding carboxylic acids is 1. The van der Waals surface area contributed by atoms with Crippen LogP contribution in [0.25, 0.3) is 0 Å². The predicted octanol–water partition coefficient (Wildman–Crippen LogP) is 3.72. The van der Waals surface area contributed by atoms with E-state index in [2.05, 4.69) is 16.3 Å². The van der Waals surface area contributed by atoms with Crippen molar-refractivity contribution in [2.24, 2.45) is 0 Å². The van der Waals surface area contributed by atoms with Gasteiger partial charge in [0.1, 0.15) is 9.77 Å². The van der Waals surface area contributed by atoms with Crippen LogP contribution in [0.3, 0.4) is 0 Å². The monoisotopic (exact) mass is 465 g/mol. The number of likely N-dealkylation sites (tertiary alicyclic amines) is 1. The van der Waals surface area contributed by atoms with Gasteiger partial charge in [-0.05, 0) is 55.1 Å². The summed E-state index contributed by atoms with van der Waals surface area (Å²) in [7, 11) is -3.65. The van der Waals surface area contributed by atoms with E-state index in [0.29, 0.717) is 18.8 Å². The molecule has 3 heterocycles. The number of piperidine rings is 1. The maximum Gasteiger partial charge on any atom is 0.267 e. The molecule has 0 radical (unpaired) electrons. The van der Waals surface area contributed by atoms with Crippen LogP contribution in [0.4, 0.5) is 5.69 Å². The van der Waals surface area contributed by atoms with E-state index < -0.39 is 10.0 Å². The van der Waals surface area contributed by atoms with Crippen molar-refractivity contribution < 1.29 is 13.2 Å². The van der Waals surface area contributed by atoms with E-state index >= 15 is 0 Å². The topological polar surface area (TPSA) is 69.7 Å². The van der Waals surface area contributed by atoms with Gasteiger partial charge in [0.2, 0.25) is 10.0 Å². The molecule has 9 heteroatoms. The molecule has 0 atom stereocenters. The molecule has 162 valence electrons. The average Bonchev–Trinajstić information content (AvgIpc) is 3.27. The second-order valence-corrected chi connectivity index (χ2v) is 11.7. The van der Waals surface area contributed by atoms with Gasteiger partial charge in [0, 0.05) is 36.8 Å². The minimum atomic E-state index is -3.65. The second kappa shape index (κ2) is 9.82. The van der Waals surface area contributed by atoms with Gasteiger partial charge >= 0.3 is 0 Å². The number of benzene rings is 1. The third-order valence-electron chi connectivity index (χ3n) is 5.46. The van der Waals surface area contributed by atoms with Crippen LogP contribution in [-0.2, 0) is 16.6 Å². The van der Waals surface area contributed by atoms with E-state index in [9.17, 15) is 13.2 Å². The molecule has 2 saturated heterocycles. The van der Waals surface area contributed by atoms with Gasteiger partial charge < -0.3 is 5.32 Å². The first-order valence-corrected chi connectivity index (χ1v) is 13.8. The zero-order chi connectivity index (χ0) is 21.0. The minimum Gasteiger partial charge on any atom is -0.321 e. The third kappa shape index (κ3) is 5.08. The molecule has 2 aromatic rings. The number of nitrogens with zero attached hydrogens (tertiary/aromatic N) is 2. The van der Waals surface area contributed by atoms with Crippen molar-refractivity contribution in [3.8, 4) is 0 Å². The summed E-state index contributed by atoms with van der Waals surface area (Å²) >= 11 is 2.92. The van der Waals surface area contributed by atoms with Crippen LogP contribution in [0.15, 0.2) is 40.6 Å². The lowest BCUT2D eigenvalue weighted by Crippen LogP contribution is -2.38. The van der Waals surface area contributed by atoms with E-state index in [0.717, 1.165) is 36.7 Å². The molecule has 0 bridgehead atoms. The van der Waals surface area contributed by atoms with Crippen molar-refractivity contribution in [1.82, 2.24) is 9.21 Å². The summed E-state index contributed by atoms with van der Waals surface area (Å²) in [5.41, 5.74) is 1.85. The standard InChI is InChI=1S/C21H27N3O3S3/c25-21(20-19(7-12-29-20)30(26,27)24-10-13-28-14-11-24)22-18-6-4-5-17(15-18)16-23-8-2-1-3-9-23/h4-7,12,15H,1-3,8-11,13-14,16H2,(H,22,25). The summed E-state index contributed by atoms with van der Waals surface area (Å²) < 4.78 is 27.6. The number of hydrogen-bond acceptors (Lipinski definition) is 6. The molecule has 0 saturated carbocycles. The van der Waals surface area contributed by atoms with Crippen LogP contribution >= 0.6 is 23.1 Å². The van der Waals surface area contributed by atoms with Gasteiger partial charge in [-0.15, -0.1) is 11.3 Å². The Morgan fingerprint density at radius 2 is 1.80 bits per heavy atom. The van der Waals surface area contributed by atoms with Gasteiger partial charge in [0.15, 0.2) is 0 Å². The first-order chi connectivity index (χ1) is 14.5. The minimum absolute atomic E-state index is 0.112. The normalized spacial score (nSPS) is 18.9. The van der Waals surface area contributed by atoms with Crippen LogP contribution in [0.2, 0.25) is 0 Å². The van der Waals surface area contributed by atoms with Crippen LogP contribution < -0.4 is 5.32 Å². The van der Waals surface area contributed by atoms with Crippen molar-refractivity contribution in [3.63, 3.8) is 0 Å². The highest BCUT2D eigenvalue weighted by molar-refractivity contribution is 7.99. The van der Waals surface area contributed by atoms with Gasteiger partial charge in [-0.25, -0.2) is 8.42 Å². The Morgan fingerprint density at radius 1 is 1.03 bits per heavy atom. The Hall–Kier alpha value is -1.39. The molecule has 1 aromatic heterocycles. The first kappa shape index (κ1) is 21.8. The van der Waals surface area contributed by atoms with Gasteiger partial charge in [0.05, 0.1) is 0 Å². The molecule has 6 nitrogen and oxygen atoms in total. The maximum absolute atomic E-state index is 13.0. The fourth-order valence-electron chi connectivity index (χ4n) is 3.90. The predicted molar refractivity (Wildman–Crippen MR) is 124 cm³/mol. The summed E-state index contributed by atoms with van der Waals surface area (Å²) in [6.45, 7) is 4.07. The Bertz CT molecular complexity index is 978. The smallest absolute Gasteiger partial charge is 0.267 e. The molecule has 0 unspecified atom stereocenters. The molecule has 4 rings (SSSR count). The number of amides is 1. The zero-order valence-electron chi connectivity index (χ0n) is 16.9. The Labute approximate surface area is 186 Å². The summed E-state index contributed by atoms with van der Waals surface area (Å²) in [6.07, 6.45) is 3.78. The van der Waals surface area contributed by atoms with Gasteiger partial charge in [-0.2, -0.15) is 16.1 Å². The molecular formula is C21H27N3O3S3. The average molecular weight is 466 g/mol. The highest BCUT2D eigenvalue weighted by Crippen LogP contribution is 2.28. The lowest BCUT2D eigenvalue weighted by Gasteiger charge is -2.26. The zero-order valence-corrected chi connectivity index (χ0v) is 19.3. The van der Waals surface area contributed by atoms with Crippen molar-refractivity contribution in [2.45, 2.75) is 30.7 Å². The largest absolute Gasteiger partial charge is 0.321 e. The van der Waals surface area contributed by atoms with E-state index in [1.54, 1.807) is 23.2 Å². The van der Waals surface area contributed by atoms with E-state index in [4.69, 9.17) is 0 Å². The van der Waals surface area contributed by atoms with Crippen LogP contribution in [-0.4, -0.2) is 61.2 Å². The first-order valence-electron chi connectivity index (χ1n) is 10.3. The Morgan fingerprint density at radius 3 is 2.57 bits per heavy atom. The van der Waals surface area contributed by atoms with Crippen molar-refractivity contribution >= 4 is 44.7 Å². The quantitative estimate of drug-likeness (QED) is 0.704. The highest BCUT2D eigenvalue weighted by Gasteiger charge is 2.31. The third-order valence-corrected chi connectivity index (χ3v) is 9.39. The van der Waals surface area contributed by atoms with Gasteiger partial charge in [0.25, 0.3) is 5.91 Å². The summed E-state index contributed by atoms with van der Waals surface area (Å²) in [6, 6.07) is 9.38. The summed E-state index contributed by atoms with van der Waals surface area (Å²) in [5, 5.41) is 4.58. The fourth-order valence-corrected chi connectivity index (χ4v) is 7.77. The lowest BCUT2D eigenvalue weighted by atomic mass is 10.1. The van der Waals surface area contributed by atoms with E-state index in [1.165, 1.54) is 34.9 Å². The Balaban J connectivity index is 1.47. The molecule has 1 amide bonds. The number of nitrogens with one attached hydrogen (secondary N) is 1. The molecule has 30 heavy (non-hydrogen) atoms. The molecule has 2 fully saturated rings. The number of anilines is 1.